The van der Waals surface area contributed by atoms with Crippen LogP contribution in [0.15, 0.2) is 54.9 Å². The van der Waals surface area contributed by atoms with E-state index in [0.29, 0.717) is 17.8 Å². The fraction of sp³-hybridized carbons (Fsp3) is 0.379. The van der Waals surface area contributed by atoms with Crippen LogP contribution < -0.4 is 0 Å². The number of fused-ring (bicyclic) bond motifs is 2. The van der Waals surface area contributed by atoms with E-state index in [-0.39, 0.29) is 0 Å². The summed E-state index contributed by atoms with van der Waals surface area (Å²) >= 11 is 0. The van der Waals surface area contributed by atoms with Gasteiger partial charge in [-0.15, -0.1) is 0 Å². The minimum Gasteiger partial charge on any atom is -0.260 e. The molecule has 160 valence electrons. The van der Waals surface area contributed by atoms with Crippen molar-refractivity contribution in [1.29, 1.82) is 0 Å². The standard InChI is InChI=1S/C29H34N2/c1-7-21-8-9-23-17-31-28(29(19(4)5)25(23)15-21)14-20(6)22-10-11-27-26(16-22)24(18(2)3)12-13-30-27/h8-13,15-20H,7,14H2,1-6H3. The number of benzene rings is 2. The van der Waals surface area contributed by atoms with E-state index in [1.165, 1.54) is 44.1 Å². The Morgan fingerprint density at radius 3 is 2.32 bits per heavy atom. The smallest absolute Gasteiger partial charge is 0.0705 e. The molecule has 4 aromatic rings. The second-order valence-corrected chi connectivity index (χ2v) is 9.49. The van der Waals surface area contributed by atoms with E-state index in [4.69, 9.17) is 4.98 Å². The third kappa shape index (κ3) is 4.21. The van der Waals surface area contributed by atoms with Gasteiger partial charge in [-0.1, -0.05) is 65.8 Å². The molecule has 1 atom stereocenters. The van der Waals surface area contributed by atoms with Crippen LogP contribution in [0.5, 0.6) is 0 Å². The van der Waals surface area contributed by atoms with Crippen LogP contribution in [0.2, 0.25) is 0 Å². The van der Waals surface area contributed by atoms with Crippen molar-refractivity contribution in [2.24, 2.45) is 0 Å². The lowest BCUT2D eigenvalue weighted by Gasteiger charge is -2.20. The molecule has 0 radical (unpaired) electrons. The average Bonchev–Trinajstić information content (AvgIpc) is 2.77. The van der Waals surface area contributed by atoms with E-state index in [0.717, 1.165) is 18.4 Å². The largest absolute Gasteiger partial charge is 0.260 e. The lowest BCUT2D eigenvalue weighted by molar-refractivity contribution is 0.720. The van der Waals surface area contributed by atoms with E-state index in [9.17, 15) is 0 Å². The molecule has 2 aromatic carbocycles. The molecule has 4 rings (SSSR count). The maximum atomic E-state index is 4.94. The molecule has 0 saturated carbocycles. The number of hydrogen-bond donors (Lipinski definition) is 0. The molecule has 0 aliphatic heterocycles. The Hall–Kier alpha value is -2.74. The van der Waals surface area contributed by atoms with Crippen molar-refractivity contribution in [2.75, 3.05) is 0 Å². The van der Waals surface area contributed by atoms with E-state index in [1.54, 1.807) is 0 Å². The second-order valence-electron chi connectivity index (χ2n) is 9.49. The molecular formula is C29H34N2. The maximum absolute atomic E-state index is 4.94. The fourth-order valence-corrected chi connectivity index (χ4v) is 4.75. The van der Waals surface area contributed by atoms with Crippen LogP contribution in [0.25, 0.3) is 21.7 Å². The molecule has 2 heterocycles. The highest BCUT2D eigenvalue weighted by Crippen LogP contribution is 2.33. The van der Waals surface area contributed by atoms with Gasteiger partial charge in [0.1, 0.15) is 0 Å². The first-order valence-electron chi connectivity index (χ1n) is 11.7. The van der Waals surface area contributed by atoms with Gasteiger partial charge in [-0.05, 0) is 76.4 Å². The van der Waals surface area contributed by atoms with Gasteiger partial charge in [-0.25, -0.2) is 0 Å². The Labute approximate surface area is 186 Å². The summed E-state index contributed by atoms with van der Waals surface area (Å²) in [4.78, 5) is 9.53. The molecular weight excluding hydrogens is 376 g/mol. The van der Waals surface area contributed by atoms with Gasteiger partial charge in [0.15, 0.2) is 0 Å². The van der Waals surface area contributed by atoms with Gasteiger partial charge in [0.25, 0.3) is 0 Å². The molecule has 0 bridgehead atoms. The van der Waals surface area contributed by atoms with Gasteiger partial charge in [0, 0.05) is 28.9 Å². The van der Waals surface area contributed by atoms with Crippen molar-refractivity contribution >= 4 is 21.7 Å². The van der Waals surface area contributed by atoms with Gasteiger partial charge < -0.3 is 0 Å². The van der Waals surface area contributed by atoms with Crippen molar-refractivity contribution in [2.45, 2.75) is 72.1 Å². The first kappa shape index (κ1) is 21.5. The molecule has 0 N–H and O–H groups in total. The first-order valence-corrected chi connectivity index (χ1v) is 11.7. The van der Waals surface area contributed by atoms with E-state index in [2.05, 4.69) is 95.2 Å². The highest BCUT2D eigenvalue weighted by molar-refractivity contribution is 5.87. The van der Waals surface area contributed by atoms with E-state index < -0.39 is 0 Å². The Morgan fingerprint density at radius 1 is 0.806 bits per heavy atom. The second kappa shape index (κ2) is 8.78. The molecule has 0 aliphatic rings. The molecule has 2 aromatic heterocycles. The minimum atomic E-state index is 0.390. The van der Waals surface area contributed by atoms with Crippen LogP contribution in [0.1, 0.15) is 87.2 Å². The normalized spacial score (nSPS) is 12.9. The van der Waals surface area contributed by atoms with Crippen LogP contribution in [0.3, 0.4) is 0 Å². The van der Waals surface area contributed by atoms with Gasteiger partial charge in [-0.2, -0.15) is 0 Å². The Bertz CT molecular complexity index is 1220. The summed E-state index contributed by atoms with van der Waals surface area (Å²) in [5.41, 5.74) is 7.85. The molecule has 1 unspecified atom stereocenters. The monoisotopic (exact) mass is 410 g/mol. The fourth-order valence-electron chi connectivity index (χ4n) is 4.75. The minimum absolute atomic E-state index is 0.390. The van der Waals surface area contributed by atoms with Crippen molar-refractivity contribution < 1.29 is 0 Å². The molecule has 0 amide bonds. The zero-order valence-electron chi connectivity index (χ0n) is 19.7. The van der Waals surface area contributed by atoms with E-state index >= 15 is 0 Å². The van der Waals surface area contributed by atoms with Gasteiger partial charge in [-0.3, -0.25) is 9.97 Å². The van der Waals surface area contributed by atoms with Crippen molar-refractivity contribution in [3.05, 3.63) is 82.8 Å². The van der Waals surface area contributed by atoms with Crippen LogP contribution >= 0.6 is 0 Å². The summed E-state index contributed by atoms with van der Waals surface area (Å²) in [5.74, 6) is 1.32. The average molecular weight is 411 g/mol. The van der Waals surface area contributed by atoms with Gasteiger partial charge in [0.2, 0.25) is 0 Å². The molecule has 0 saturated heterocycles. The molecule has 0 aliphatic carbocycles. The maximum Gasteiger partial charge on any atom is 0.0705 e. The number of aryl methyl sites for hydroxylation is 1. The lowest BCUT2D eigenvalue weighted by atomic mass is 9.87. The third-order valence-electron chi connectivity index (χ3n) is 6.55. The van der Waals surface area contributed by atoms with Crippen molar-refractivity contribution in [3.8, 4) is 0 Å². The van der Waals surface area contributed by atoms with Crippen LogP contribution in [-0.4, -0.2) is 9.97 Å². The van der Waals surface area contributed by atoms with Crippen molar-refractivity contribution in [3.63, 3.8) is 0 Å². The zero-order chi connectivity index (χ0) is 22.1. The quantitative estimate of drug-likeness (QED) is 0.322. The summed E-state index contributed by atoms with van der Waals surface area (Å²) in [6.45, 7) is 13.6. The predicted molar refractivity (Wildman–Crippen MR) is 133 cm³/mol. The molecule has 2 heteroatoms. The molecule has 0 fully saturated rings. The lowest BCUT2D eigenvalue weighted by Crippen LogP contribution is -2.07. The highest BCUT2D eigenvalue weighted by atomic mass is 14.7. The SMILES string of the molecule is CCc1ccc2cnc(CC(C)c3ccc4nccc(C(C)C)c4c3)c(C(C)C)c2c1. The Balaban J connectivity index is 1.75. The van der Waals surface area contributed by atoms with Crippen LogP contribution in [-0.2, 0) is 12.8 Å². The van der Waals surface area contributed by atoms with Crippen LogP contribution in [0.4, 0.5) is 0 Å². The number of pyridine rings is 2. The number of hydrogen-bond acceptors (Lipinski definition) is 2. The predicted octanol–water partition coefficient (Wildman–Crippen LogP) is 7.94. The number of nitrogens with zero attached hydrogens (tertiary/aromatic N) is 2. The summed E-state index contributed by atoms with van der Waals surface area (Å²) < 4.78 is 0. The summed E-state index contributed by atoms with van der Waals surface area (Å²) in [5, 5.41) is 3.90. The Morgan fingerprint density at radius 2 is 1.61 bits per heavy atom. The van der Waals surface area contributed by atoms with Crippen LogP contribution in [0, 0.1) is 0 Å². The van der Waals surface area contributed by atoms with E-state index in [1.807, 2.05) is 6.20 Å². The summed E-state index contributed by atoms with van der Waals surface area (Å²) in [6, 6.07) is 15.8. The van der Waals surface area contributed by atoms with Gasteiger partial charge >= 0.3 is 0 Å². The topological polar surface area (TPSA) is 25.8 Å². The Kier molecular flexibility index (Phi) is 6.09. The summed E-state index contributed by atoms with van der Waals surface area (Å²) in [7, 11) is 0. The molecule has 2 nitrogen and oxygen atoms in total. The number of aromatic nitrogens is 2. The first-order chi connectivity index (χ1) is 14.9. The molecule has 0 spiro atoms. The van der Waals surface area contributed by atoms with Gasteiger partial charge in [0.05, 0.1) is 5.52 Å². The summed E-state index contributed by atoms with van der Waals surface area (Å²) in [6.07, 6.45) is 6.00. The van der Waals surface area contributed by atoms with Crippen molar-refractivity contribution in [1.82, 2.24) is 9.97 Å². The molecule has 31 heavy (non-hydrogen) atoms. The third-order valence-corrected chi connectivity index (χ3v) is 6.55. The number of rotatable bonds is 6. The zero-order valence-corrected chi connectivity index (χ0v) is 19.7. The highest BCUT2D eigenvalue weighted by Gasteiger charge is 2.17.